The average molecular weight is 498 g/mol. The Morgan fingerprint density at radius 1 is 1.39 bits per heavy atom. The molecule has 0 fully saturated rings. The molecule has 1 atom stereocenters. The van der Waals surface area contributed by atoms with Gasteiger partial charge in [0.15, 0.2) is 11.7 Å². The predicted octanol–water partition coefficient (Wildman–Crippen LogP) is 2.33. The molecule has 0 spiro atoms. The molecule has 152 valence electrons. The van der Waals surface area contributed by atoms with E-state index in [4.69, 9.17) is 4.42 Å². The maximum absolute atomic E-state index is 5.30. The molecule has 0 aromatic carbocycles. The third-order valence-electron chi connectivity index (χ3n) is 4.47. The van der Waals surface area contributed by atoms with Gasteiger partial charge in [0.05, 0.1) is 18.5 Å². The third-order valence-corrected chi connectivity index (χ3v) is 4.47. The van der Waals surface area contributed by atoms with Crippen molar-refractivity contribution in [3.8, 4) is 11.6 Å². The van der Waals surface area contributed by atoms with Crippen molar-refractivity contribution in [1.82, 2.24) is 35.6 Å². The topological polar surface area (TPSA) is 109 Å². The maximum atomic E-state index is 5.30. The van der Waals surface area contributed by atoms with Crippen LogP contribution in [0.4, 0.5) is 0 Å². The number of hydrogen-bond acceptors (Lipinski definition) is 5. The Bertz CT molecular complexity index is 912. The van der Waals surface area contributed by atoms with Crippen molar-refractivity contribution < 1.29 is 4.42 Å². The molecule has 0 bridgehead atoms. The fourth-order valence-corrected chi connectivity index (χ4v) is 2.96. The minimum Gasteiger partial charge on any atom is -0.461 e. The zero-order valence-corrected chi connectivity index (χ0v) is 19.1. The van der Waals surface area contributed by atoms with Crippen molar-refractivity contribution in [3.05, 3.63) is 41.2 Å². The van der Waals surface area contributed by atoms with Crippen LogP contribution in [0.15, 0.2) is 27.8 Å². The number of hydrogen-bond donors (Lipinski definition) is 3. The van der Waals surface area contributed by atoms with Crippen LogP contribution < -0.4 is 10.6 Å². The highest BCUT2D eigenvalue weighted by Crippen LogP contribution is 2.15. The van der Waals surface area contributed by atoms with Gasteiger partial charge in [-0.1, -0.05) is 0 Å². The van der Waals surface area contributed by atoms with Crippen molar-refractivity contribution in [2.75, 3.05) is 7.05 Å². The molecule has 0 amide bonds. The number of aromatic nitrogens is 5. The number of guanidine groups is 1. The summed E-state index contributed by atoms with van der Waals surface area (Å²) in [5.41, 5.74) is 3.53. The average Bonchev–Trinajstić information content (AvgIpc) is 3.37. The number of aryl methyl sites for hydroxylation is 2. The normalized spacial score (nSPS) is 12.5. The van der Waals surface area contributed by atoms with Gasteiger partial charge >= 0.3 is 0 Å². The second-order valence-corrected chi connectivity index (χ2v) is 6.53. The van der Waals surface area contributed by atoms with Crippen LogP contribution in [-0.4, -0.2) is 44.0 Å². The van der Waals surface area contributed by atoms with Gasteiger partial charge in [-0.2, -0.15) is 5.10 Å². The summed E-state index contributed by atoms with van der Waals surface area (Å²) in [5, 5.41) is 18.2. The van der Waals surface area contributed by atoms with E-state index in [1.165, 1.54) is 11.3 Å². The number of rotatable bonds is 6. The molecule has 0 aliphatic carbocycles. The first-order valence-electron chi connectivity index (χ1n) is 8.89. The summed E-state index contributed by atoms with van der Waals surface area (Å²) < 4.78 is 7.22. The molecule has 3 N–H and O–H groups in total. The quantitative estimate of drug-likeness (QED) is 0.274. The first-order valence-corrected chi connectivity index (χ1v) is 8.89. The van der Waals surface area contributed by atoms with E-state index in [1.54, 1.807) is 13.3 Å². The number of halogens is 1. The lowest BCUT2D eigenvalue weighted by molar-refractivity contribution is 0.577. The summed E-state index contributed by atoms with van der Waals surface area (Å²) in [6.07, 6.45) is 2.47. The van der Waals surface area contributed by atoms with Crippen LogP contribution in [0.1, 0.15) is 29.7 Å². The number of H-pyrrole nitrogens is 1. The minimum absolute atomic E-state index is 0. The van der Waals surface area contributed by atoms with E-state index in [0.29, 0.717) is 29.9 Å². The molecular formula is C18H27IN8O. The number of furan rings is 1. The highest BCUT2D eigenvalue weighted by Gasteiger charge is 2.14. The van der Waals surface area contributed by atoms with Crippen LogP contribution in [0.2, 0.25) is 0 Å². The second-order valence-electron chi connectivity index (χ2n) is 6.53. The number of aliphatic imine (C=N–C) groups is 1. The molecule has 3 rings (SSSR count). The van der Waals surface area contributed by atoms with E-state index < -0.39 is 0 Å². The van der Waals surface area contributed by atoms with Crippen LogP contribution in [0.25, 0.3) is 11.6 Å². The lowest BCUT2D eigenvalue weighted by Crippen LogP contribution is -2.43. The molecule has 3 heterocycles. The lowest BCUT2D eigenvalue weighted by atomic mass is 10.1. The Labute approximate surface area is 181 Å². The standard InChI is InChI=1S/C18H26N8O.HI/c1-11(9-14-12(2)25-26(5)13(14)3)21-18(19-4)20-10-16-22-17(24-23-16)15-7-6-8-27-15;/h6-8,11H,9-10H2,1-5H3,(H2,19,20,21)(H,22,23,24);1H. The van der Waals surface area contributed by atoms with E-state index in [2.05, 4.69) is 49.8 Å². The van der Waals surface area contributed by atoms with Crippen molar-refractivity contribution in [2.45, 2.75) is 39.8 Å². The largest absolute Gasteiger partial charge is 0.461 e. The number of aromatic amines is 1. The van der Waals surface area contributed by atoms with Crippen LogP contribution in [0.5, 0.6) is 0 Å². The SMILES string of the molecule is CN=C(NCc1nc(-c2ccco2)n[nH]1)NC(C)Cc1c(C)nn(C)c1C.I. The summed E-state index contributed by atoms with van der Waals surface area (Å²) in [6.45, 7) is 6.74. The molecule has 0 radical (unpaired) electrons. The van der Waals surface area contributed by atoms with Gasteiger partial charge in [0.1, 0.15) is 5.82 Å². The zero-order valence-electron chi connectivity index (χ0n) is 16.8. The lowest BCUT2D eigenvalue weighted by Gasteiger charge is -2.17. The van der Waals surface area contributed by atoms with E-state index in [-0.39, 0.29) is 30.0 Å². The second kappa shape index (κ2) is 9.71. The molecule has 0 aliphatic heterocycles. The molecule has 9 nitrogen and oxygen atoms in total. The smallest absolute Gasteiger partial charge is 0.216 e. The Kier molecular flexibility index (Phi) is 7.61. The number of nitrogens with one attached hydrogen (secondary N) is 3. The molecule has 0 aliphatic rings. The van der Waals surface area contributed by atoms with Crippen LogP contribution in [-0.2, 0) is 20.0 Å². The molecule has 28 heavy (non-hydrogen) atoms. The summed E-state index contributed by atoms with van der Waals surface area (Å²) in [6, 6.07) is 3.83. The van der Waals surface area contributed by atoms with Gasteiger partial charge in [0, 0.05) is 25.8 Å². The van der Waals surface area contributed by atoms with Crippen LogP contribution in [0, 0.1) is 13.8 Å². The van der Waals surface area contributed by atoms with E-state index in [1.807, 2.05) is 30.8 Å². The van der Waals surface area contributed by atoms with Crippen LogP contribution >= 0.6 is 24.0 Å². The fraction of sp³-hybridized carbons (Fsp3) is 0.444. The number of nitrogens with zero attached hydrogens (tertiary/aromatic N) is 5. The van der Waals surface area contributed by atoms with Gasteiger partial charge in [0.2, 0.25) is 5.82 Å². The van der Waals surface area contributed by atoms with E-state index in [0.717, 1.165) is 12.1 Å². The fourth-order valence-electron chi connectivity index (χ4n) is 2.96. The predicted molar refractivity (Wildman–Crippen MR) is 119 cm³/mol. The van der Waals surface area contributed by atoms with Crippen LogP contribution in [0.3, 0.4) is 0 Å². The molecule has 0 saturated heterocycles. The highest BCUT2D eigenvalue weighted by molar-refractivity contribution is 14.0. The van der Waals surface area contributed by atoms with Crippen molar-refractivity contribution in [3.63, 3.8) is 0 Å². The molecule has 10 heteroatoms. The minimum atomic E-state index is 0. The highest BCUT2D eigenvalue weighted by atomic mass is 127. The van der Waals surface area contributed by atoms with Crippen molar-refractivity contribution >= 4 is 29.9 Å². The first kappa shape index (κ1) is 21.9. The third kappa shape index (κ3) is 5.12. The Balaban J connectivity index is 0.00000280. The molecule has 3 aromatic heterocycles. The van der Waals surface area contributed by atoms with Gasteiger partial charge in [-0.25, -0.2) is 4.98 Å². The Morgan fingerprint density at radius 2 is 2.18 bits per heavy atom. The molecule has 3 aromatic rings. The van der Waals surface area contributed by atoms with Gasteiger partial charge in [0.25, 0.3) is 0 Å². The molecular weight excluding hydrogens is 471 g/mol. The van der Waals surface area contributed by atoms with E-state index in [9.17, 15) is 0 Å². The summed E-state index contributed by atoms with van der Waals surface area (Å²) in [4.78, 5) is 8.70. The maximum Gasteiger partial charge on any atom is 0.216 e. The summed E-state index contributed by atoms with van der Waals surface area (Å²) >= 11 is 0. The monoisotopic (exact) mass is 498 g/mol. The van der Waals surface area contributed by atoms with Gasteiger partial charge < -0.3 is 15.1 Å². The molecule has 0 saturated carbocycles. The van der Waals surface area contributed by atoms with Gasteiger partial charge in [-0.3, -0.25) is 14.8 Å². The molecule has 1 unspecified atom stereocenters. The first-order chi connectivity index (χ1) is 13.0. The Hall–Kier alpha value is -2.37. The van der Waals surface area contributed by atoms with Gasteiger partial charge in [-0.15, -0.1) is 29.1 Å². The summed E-state index contributed by atoms with van der Waals surface area (Å²) in [7, 11) is 3.72. The zero-order chi connectivity index (χ0) is 19.4. The Morgan fingerprint density at radius 3 is 2.79 bits per heavy atom. The van der Waals surface area contributed by atoms with Crippen molar-refractivity contribution in [2.24, 2.45) is 12.0 Å². The van der Waals surface area contributed by atoms with Crippen molar-refractivity contribution in [1.29, 1.82) is 0 Å². The summed E-state index contributed by atoms with van der Waals surface area (Å²) in [5.74, 6) is 2.58. The van der Waals surface area contributed by atoms with Gasteiger partial charge in [-0.05, 0) is 44.9 Å². The van der Waals surface area contributed by atoms with E-state index >= 15 is 0 Å².